The summed E-state index contributed by atoms with van der Waals surface area (Å²) in [6, 6.07) is 0. The van der Waals surface area contributed by atoms with Crippen molar-refractivity contribution in [1.82, 2.24) is 19.7 Å². The van der Waals surface area contributed by atoms with Gasteiger partial charge in [0, 0.05) is 0 Å². The first-order chi connectivity index (χ1) is 11.2. The number of nitrogens with zero attached hydrogens (tertiary/aromatic N) is 2. The Bertz CT molecular complexity index is 913. The number of nitrogens with one attached hydrogen (secondary N) is 2. The molecule has 0 saturated carbocycles. The zero-order valence-corrected chi connectivity index (χ0v) is 12.7. The zero-order chi connectivity index (χ0) is 17.6. The lowest BCUT2D eigenvalue weighted by Crippen LogP contribution is -2.34. The molecule has 0 aromatic carbocycles. The summed E-state index contributed by atoms with van der Waals surface area (Å²) < 4.78 is 21.3. The van der Waals surface area contributed by atoms with Crippen LogP contribution in [0, 0.1) is 0 Å². The van der Waals surface area contributed by atoms with Gasteiger partial charge in [-0.15, -0.1) is 0 Å². The normalized spacial score (nSPS) is 27.8. The molecule has 0 unspecified atom stereocenters. The average molecular weight is 364 g/mol. The van der Waals surface area contributed by atoms with Crippen LogP contribution in [0.25, 0.3) is 11.0 Å². The highest BCUT2D eigenvalue weighted by Crippen LogP contribution is 2.38. The van der Waals surface area contributed by atoms with Crippen molar-refractivity contribution in [2.24, 2.45) is 0 Å². The highest BCUT2D eigenvalue weighted by molar-refractivity contribution is 7.46. The number of phosphoric acid groups is 1. The molecule has 0 amide bonds. The third-order valence-corrected chi connectivity index (χ3v) is 3.97. The van der Waals surface area contributed by atoms with Crippen molar-refractivity contribution in [3.8, 4) is 0 Å². The molecule has 6 N–H and O–H groups in total. The monoisotopic (exact) mass is 364 g/mol. The number of phosphoric ester groups is 1. The first kappa shape index (κ1) is 17.0. The molecule has 14 heteroatoms. The SMILES string of the molecule is O=c1[nH]c(=O)c2cnn([C@@H]3O[C@H](COP(=O)(O)O)[C@@H](O)[C@H]3O)c2[nH]1. The van der Waals surface area contributed by atoms with Crippen LogP contribution in [0.2, 0.25) is 0 Å². The number of aliphatic hydroxyl groups excluding tert-OH is 2. The molecule has 1 aliphatic rings. The second kappa shape index (κ2) is 5.89. The van der Waals surface area contributed by atoms with Gasteiger partial charge in [-0.2, -0.15) is 5.10 Å². The fourth-order valence-electron chi connectivity index (χ4n) is 2.39. The molecule has 24 heavy (non-hydrogen) atoms. The quantitative estimate of drug-likeness (QED) is 0.307. The number of ether oxygens (including phenoxy) is 1. The molecular formula is C10H13N4O9P. The molecule has 1 saturated heterocycles. The number of hydrogen-bond donors (Lipinski definition) is 6. The van der Waals surface area contributed by atoms with E-state index in [9.17, 15) is 24.4 Å². The van der Waals surface area contributed by atoms with Gasteiger partial charge in [-0.1, -0.05) is 0 Å². The van der Waals surface area contributed by atoms with Crippen LogP contribution in [0.3, 0.4) is 0 Å². The Morgan fingerprint density at radius 2 is 2.00 bits per heavy atom. The summed E-state index contributed by atoms with van der Waals surface area (Å²) in [6.45, 7) is -0.685. The van der Waals surface area contributed by atoms with Crippen LogP contribution in [0.1, 0.15) is 6.23 Å². The number of hydrogen-bond acceptors (Lipinski definition) is 8. The number of rotatable bonds is 4. The largest absolute Gasteiger partial charge is 0.469 e. The fourth-order valence-corrected chi connectivity index (χ4v) is 2.74. The minimum Gasteiger partial charge on any atom is -0.387 e. The van der Waals surface area contributed by atoms with Crippen molar-refractivity contribution in [3.05, 3.63) is 27.0 Å². The van der Waals surface area contributed by atoms with Crippen LogP contribution in [-0.2, 0) is 13.8 Å². The van der Waals surface area contributed by atoms with Gasteiger partial charge in [0.1, 0.15) is 29.3 Å². The second-order valence-electron chi connectivity index (χ2n) is 5.09. The highest BCUT2D eigenvalue weighted by atomic mass is 31.2. The molecule has 2 aromatic rings. The van der Waals surface area contributed by atoms with Crippen molar-refractivity contribution in [2.75, 3.05) is 6.61 Å². The van der Waals surface area contributed by atoms with E-state index < -0.39 is 50.2 Å². The van der Waals surface area contributed by atoms with Crippen LogP contribution in [0.4, 0.5) is 0 Å². The Morgan fingerprint density at radius 3 is 2.67 bits per heavy atom. The van der Waals surface area contributed by atoms with E-state index in [1.165, 1.54) is 0 Å². The first-order valence-corrected chi connectivity index (χ1v) is 8.12. The summed E-state index contributed by atoms with van der Waals surface area (Å²) in [5, 5.41) is 23.8. The van der Waals surface area contributed by atoms with Crippen molar-refractivity contribution in [3.63, 3.8) is 0 Å². The third kappa shape index (κ3) is 3.06. The molecule has 1 fully saturated rings. The fraction of sp³-hybridized carbons (Fsp3) is 0.500. The Kier molecular flexibility index (Phi) is 4.17. The Morgan fingerprint density at radius 1 is 1.29 bits per heavy atom. The lowest BCUT2D eigenvalue weighted by molar-refractivity contribution is -0.0559. The predicted octanol–water partition coefficient (Wildman–Crippen LogP) is -2.86. The van der Waals surface area contributed by atoms with E-state index in [1.807, 2.05) is 4.98 Å². The van der Waals surface area contributed by atoms with E-state index in [0.717, 1.165) is 10.9 Å². The number of aromatic nitrogens is 4. The van der Waals surface area contributed by atoms with Gasteiger partial charge in [0.2, 0.25) is 0 Å². The van der Waals surface area contributed by atoms with Crippen molar-refractivity contribution in [2.45, 2.75) is 24.5 Å². The number of H-pyrrole nitrogens is 2. The van der Waals surface area contributed by atoms with Gasteiger partial charge in [0.15, 0.2) is 6.23 Å². The van der Waals surface area contributed by atoms with Crippen LogP contribution < -0.4 is 11.2 Å². The summed E-state index contributed by atoms with van der Waals surface area (Å²) >= 11 is 0. The molecule has 0 bridgehead atoms. The Hall–Kier alpha value is -1.86. The molecule has 0 radical (unpaired) electrons. The van der Waals surface area contributed by atoms with E-state index >= 15 is 0 Å². The molecule has 0 aliphatic carbocycles. The molecule has 2 aromatic heterocycles. The maximum atomic E-state index is 11.7. The number of aromatic amines is 2. The molecule has 3 rings (SSSR count). The van der Waals surface area contributed by atoms with Gasteiger partial charge in [-0.25, -0.2) is 14.0 Å². The maximum absolute atomic E-state index is 11.7. The topological polar surface area (TPSA) is 200 Å². The number of fused-ring (bicyclic) bond motifs is 1. The lowest BCUT2D eigenvalue weighted by atomic mass is 10.1. The molecule has 0 spiro atoms. The summed E-state index contributed by atoms with van der Waals surface area (Å²) in [5.41, 5.74) is -1.55. The summed E-state index contributed by atoms with van der Waals surface area (Å²) in [5.74, 6) is 0. The smallest absolute Gasteiger partial charge is 0.387 e. The van der Waals surface area contributed by atoms with E-state index in [2.05, 4.69) is 14.6 Å². The van der Waals surface area contributed by atoms with E-state index in [-0.39, 0.29) is 11.0 Å². The lowest BCUT2D eigenvalue weighted by Gasteiger charge is -2.15. The van der Waals surface area contributed by atoms with E-state index in [4.69, 9.17) is 14.5 Å². The van der Waals surface area contributed by atoms with Crippen LogP contribution in [-0.4, -0.2) is 64.7 Å². The molecule has 4 atom stereocenters. The first-order valence-electron chi connectivity index (χ1n) is 6.59. The Labute approximate surface area is 131 Å². The van der Waals surface area contributed by atoms with Crippen LogP contribution in [0.5, 0.6) is 0 Å². The van der Waals surface area contributed by atoms with Crippen molar-refractivity contribution >= 4 is 18.9 Å². The predicted molar refractivity (Wildman–Crippen MR) is 74.9 cm³/mol. The average Bonchev–Trinajstić information content (AvgIpc) is 3.00. The number of aliphatic hydroxyl groups is 2. The van der Waals surface area contributed by atoms with E-state index in [0.29, 0.717) is 0 Å². The van der Waals surface area contributed by atoms with Gasteiger partial charge in [-0.3, -0.25) is 19.3 Å². The molecule has 1 aliphatic heterocycles. The Balaban J connectivity index is 1.92. The van der Waals surface area contributed by atoms with Crippen LogP contribution in [0.15, 0.2) is 15.8 Å². The molecule has 3 heterocycles. The second-order valence-corrected chi connectivity index (χ2v) is 6.33. The molecule has 13 nitrogen and oxygen atoms in total. The maximum Gasteiger partial charge on any atom is 0.469 e. The summed E-state index contributed by atoms with van der Waals surface area (Å²) in [4.78, 5) is 44.7. The van der Waals surface area contributed by atoms with Gasteiger partial charge in [0.25, 0.3) is 5.56 Å². The van der Waals surface area contributed by atoms with Gasteiger partial charge < -0.3 is 24.7 Å². The minimum absolute atomic E-state index is 0.0230. The third-order valence-electron chi connectivity index (χ3n) is 3.48. The summed E-state index contributed by atoms with van der Waals surface area (Å²) in [7, 11) is -4.78. The van der Waals surface area contributed by atoms with Gasteiger partial charge in [-0.05, 0) is 0 Å². The van der Waals surface area contributed by atoms with Crippen molar-refractivity contribution in [1.29, 1.82) is 0 Å². The molecule has 132 valence electrons. The van der Waals surface area contributed by atoms with Gasteiger partial charge in [0.05, 0.1) is 12.8 Å². The van der Waals surface area contributed by atoms with Crippen molar-refractivity contribution < 1.29 is 33.8 Å². The van der Waals surface area contributed by atoms with Crippen LogP contribution >= 0.6 is 7.82 Å². The summed E-state index contributed by atoms with van der Waals surface area (Å²) in [6.07, 6.45) is -4.51. The standard InChI is InChI=1S/C10H13N4O9P/c15-5-4(2-22-24(19,20)21)23-9(6(5)16)14-7-3(1-11-14)8(17)13-10(18)12-7/h1,4-6,9,15-16H,2H2,(H2,19,20,21)(H2,12,13,17,18)/t4-,5-,6-,9-/m1/s1. The molecular weight excluding hydrogens is 351 g/mol. The minimum atomic E-state index is -4.78. The zero-order valence-electron chi connectivity index (χ0n) is 11.8. The van der Waals surface area contributed by atoms with E-state index in [1.54, 1.807) is 0 Å². The highest BCUT2D eigenvalue weighted by Gasteiger charge is 2.45. The van der Waals surface area contributed by atoms with Gasteiger partial charge >= 0.3 is 13.5 Å².